The van der Waals surface area contributed by atoms with Crippen molar-refractivity contribution in [1.82, 2.24) is 29.6 Å². The molecule has 1 atom stereocenters. The molecule has 0 radical (unpaired) electrons. The molecule has 1 amide bonds. The summed E-state index contributed by atoms with van der Waals surface area (Å²) in [7, 11) is 0. The minimum absolute atomic E-state index is 0.0602. The van der Waals surface area contributed by atoms with Crippen molar-refractivity contribution in [3.05, 3.63) is 94.4 Å². The van der Waals surface area contributed by atoms with Gasteiger partial charge in [0.2, 0.25) is 5.91 Å². The molecule has 2 aromatic carbocycles. The average Bonchev–Trinajstić information content (AvgIpc) is 3.42. The lowest BCUT2D eigenvalue weighted by molar-refractivity contribution is -0.116. The summed E-state index contributed by atoms with van der Waals surface area (Å²) in [5.74, 6) is 2.51. The maximum Gasteiger partial charge on any atom is 0.226 e. The highest BCUT2D eigenvalue weighted by Crippen LogP contribution is 2.40. The number of fused-ring (bicyclic) bond motifs is 2. The van der Waals surface area contributed by atoms with Crippen LogP contribution in [0.1, 0.15) is 46.1 Å². The molecule has 5 aromatic rings. The van der Waals surface area contributed by atoms with Crippen LogP contribution in [0.2, 0.25) is 0 Å². The van der Waals surface area contributed by atoms with E-state index in [1.165, 1.54) is 5.56 Å². The summed E-state index contributed by atoms with van der Waals surface area (Å²) in [6.07, 6.45) is 0.347. The number of hydrogen-bond acceptors (Lipinski definition) is 6. The van der Waals surface area contributed by atoms with E-state index in [-0.39, 0.29) is 11.8 Å². The molecule has 0 bridgehead atoms. The molecule has 6 rings (SSSR count). The van der Waals surface area contributed by atoms with E-state index in [9.17, 15) is 4.79 Å². The molecule has 0 saturated heterocycles. The van der Waals surface area contributed by atoms with Crippen LogP contribution < -0.4 is 10.1 Å². The summed E-state index contributed by atoms with van der Waals surface area (Å²) in [6.45, 7) is 6.38. The number of aromatic nitrogens is 6. The number of hydrogen-bond donors (Lipinski definition) is 1. The maximum atomic E-state index is 12.8. The third-order valence-electron chi connectivity index (χ3n) is 6.49. The topological polar surface area (TPSA) is 99.2 Å². The van der Waals surface area contributed by atoms with Crippen molar-refractivity contribution >= 4 is 17.4 Å². The Morgan fingerprint density at radius 3 is 2.64 bits per heavy atom. The number of aryl methyl sites for hydroxylation is 3. The monoisotopic (exact) mass is 479 g/mol. The first-order valence-corrected chi connectivity index (χ1v) is 11.8. The number of nitrogens with one attached hydrogen (secondary N) is 1. The van der Waals surface area contributed by atoms with Crippen LogP contribution >= 0.6 is 0 Å². The Kier molecular flexibility index (Phi) is 5.25. The van der Waals surface area contributed by atoms with Gasteiger partial charge in [-0.3, -0.25) is 4.79 Å². The fourth-order valence-corrected chi connectivity index (χ4v) is 4.76. The molecule has 180 valence electrons. The molecule has 0 fully saturated rings. The van der Waals surface area contributed by atoms with Crippen molar-refractivity contribution in [2.75, 3.05) is 5.32 Å². The molecule has 1 aliphatic rings. The van der Waals surface area contributed by atoms with Gasteiger partial charge in [-0.2, -0.15) is 14.3 Å². The number of carbonyl (C=O) groups is 1. The quantitative estimate of drug-likeness (QED) is 0.404. The minimum atomic E-state index is -0.117. The minimum Gasteiger partial charge on any atom is -0.489 e. The smallest absolute Gasteiger partial charge is 0.226 e. The van der Waals surface area contributed by atoms with Crippen LogP contribution in [0.15, 0.2) is 60.7 Å². The van der Waals surface area contributed by atoms with Gasteiger partial charge in [0.15, 0.2) is 17.3 Å². The highest BCUT2D eigenvalue weighted by atomic mass is 16.5. The lowest BCUT2D eigenvalue weighted by atomic mass is 9.86. The molecule has 9 nitrogen and oxygen atoms in total. The summed E-state index contributed by atoms with van der Waals surface area (Å²) >= 11 is 0. The van der Waals surface area contributed by atoms with Gasteiger partial charge in [-0.1, -0.05) is 42.0 Å². The second kappa shape index (κ2) is 8.60. The van der Waals surface area contributed by atoms with Gasteiger partial charge in [-0.25, -0.2) is 0 Å². The molecule has 36 heavy (non-hydrogen) atoms. The van der Waals surface area contributed by atoms with E-state index in [0.717, 1.165) is 28.1 Å². The maximum absolute atomic E-state index is 12.8. The van der Waals surface area contributed by atoms with Crippen LogP contribution in [0.5, 0.6) is 5.75 Å². The number of ether oxygens (including phenoxy) is 1. The zero-order chi connectivity index (χ0) is 24.8. The number of benzene rings is 2. The lowest BCUT2D eigenvalue weighted by Crippen LogP contribution is -2.25. The van der Waals surface area contributed by atoms with E-state index >= 15 is 0 Å². The van der Waals surface area contributed by atoms with Gasteiger partial charge in [0.05, 0.1) is 5.69 Å². The van der Waals surface area contributed by atoms with Crippen molar-refractivity contribution in [1.29, 1.82) is 0 Å². The van der Waals surface area contributed by atoms with Gasteiger partial charge >= 0.3 is 0 Å². The predicted octanol–water partition coefficient (Wildman–Crippen LogP) is 4.29. The second-order valence-corrected chi connectivity index (χ2v) is 9.12. The van der Waals surface area contributed by atoms with E-state index in [2.05, 4.69) is 45.7 Å². The Labute approximate surface area is 207 Å². The molecular weight excluding hydrogens is 454 g/mol. The first-order valence-electron chi connectivity index (χ1n) is 11.8. The molecule has 0 saturated carbocycles. The molecule has 0 unspecified atom stereocenters. The van der Waals surface area contributed by atoms with Crippen LogP contribution in [0.3, 0.4) is 0 Å². The first kappa shape index (κ1) is 22.0. The summed E-state index contributed by atoms with van der Waals surface area (Å²) in [5.41, 5.74) is 5.86. The first-order chi connectivity index (χ1) is 17.5. The van der Waals surface area contributed by atoms with Crippen molar-refractivity contribution in [2.24, 2.45) is 0 Å². The molecule has 0 aliphatic carbocycles. The Morgan fingerprint density at radius 1 is 1.00 bits per heavy atom. The third kappa shape index (κ3) is 3.88. The SMILES string of the molecule is Cc1cccc(COc2ccc([C@@H]3CC(=O)Nc4c3c(C)nn4-c3ccc4nnc(C)n4n3)cc2)c1. The summed E-state index contributed by atoms with van der Waals surface area (Å²) in [5, 5.41) is 20.6. The summed E-state index contributed by atoms with van der Waals surface area (Å²) in [6, 6.07) is 19.9. The zero-order valence-corrected chi connectivity index (χ0v) is 20.3. The summed E-state index contributed by atoms with van der Waals surface area (Å²) in [4.78, 5) is 12.8. The summed E-state index contributed by atoms with van der Waals surface area (Å²) < 4.78 is 9.34. The standard InChI is InChI=1S/C27H25N7O2/c1-16-5-4-6-19(13-16)15-36-21-9-7-20(8-10-21)22-14-25(35)28-27-26(22)17(2)31-34(27)24-12-11-23-30-29-18(3)33(23)32-24/h4-13,22H,14-15H2,1-3H3,(H,28,35)/t22-/m0/s1. The highest BCUT2D eigenvalue weighted by Gasteiger charge is 2.33. The molecule has 9 heteroatoms. The molecule has 4 heterocycles. The largest absolute Gasteiger partial charge is 0.489 e. The van der Waals surface area contributed by atoms with Gasteiger partial charge in [0.25, 0.3) is 0 Å². The van der Waals surface area contributed by atoms with Crippen LogP contribution in [-0.2, 0) is 11.4 Å². The van der Waals surface area contributed by atoms with E-state index in [1.807, 2.05) is 56.3 Å². The Bertz CT molecular complexity index is 1600. The van der Waals surface area contributed by atoms with Gasteiger partial charge in [-0.05, 0) is 56.2 Å². The number of amides is 1. The van der Waals surface area contributed by atoms with Crippen LogP contribution in [0.4, 0.5) is 5.82 Å². The third-order valence-corrected chi connectivity index (χ3v) is 6.49. The highest BCUT2D eigenvalue weighted by molar-refractivity contribution is 5.95. The number of rotatable bonds is 5. The number of nitrogens with zero attached hydrogens (tertiary/aromatic N) is 6. The van der Waals surface area contributed by atoms with E-state index < -0.39 is 0 Å². The number of anilines is 1. The fraction of sp³-hybridized carbons (Fsp3) is 0.222. The zero-order valence-electron chi connectivity index (χ0n) is 20.3. The fourth-order valence-electron chi connectivity index (χ4n) is 4.76. The molecule has 0 spiro atoms. The molecule has 1 N–H and O–H groups in total. The number of carbonyl (C=O) groups excluding carboxylic acids is 1. The van der Waals surface area contributed by atoms with Gasteiger partial charge in [-0.15, -0.1) is 15.3 Å². The lowest BCUT2D eigenvalue weighted by Gasteiger charge is -2.24. The van der Waals surface area contributed by atoms with Crippen molar-refractivity contribution < 1.29 is 9.53 Å². The van der Waals surface area contributed by atoms with E-state index in [0.29, 0.717) is 36.1 Å². The second-order valence-electron chi connectivity index (χ2n) is 9.12. The Morgan fingerprint density at radius 2 is 1.83 bits per heavy atom. The van der Waals surface area contributed by atoms with Crippen LogP contribution in [-0.4, -0.2) is 35.5 Å². The predicted molar refractivity (Wildman–Crippen MR) is 134 cm³/mol. The molecule has 1 aliphatic heterocycles. The van der Waals surface area contributed by atoms with Gasteiger partial charge < -0.3 is 10.1 Å². The van der Waals surface area contributed by atoms with Crippen molar-refractivity contribution in [3.63, 3.8) is 0 Å². The normalized spacial score (nSPS) is 15.1. The van der Waals surface area contributed by atoms with Crippen molar-refractivity contribution in [2.45, 2.75) is 39.7 Å². The average molecular weight is 480 g/mol. The van der Waals surface area contributed by atoms with Gasteiger partial charge in [0.1, 0.15) is 18.2 Å². The molecular formula is C27H25N7O2. The van der Waals surface area contributed by atoms with E-state index in [4.69, 9.17) is 9.84 Å². The van der Waals surface area contributed by atoms with Crippen LogP contribution in [0, 0.1) is 20.8 Å². The van der Waals surface area contributed by atoms with Gasteiger partial charge in [0, 0.05) is 17.9 Å². The van der Waals surface area contributed by atoms with E-state index in [1.54, 1.807) is 9.20 Å². The van der Waals surface area contributed by atoms with Crippen molar-refractivity contribution in [3.8, 4) is 11.6 Å². The van der Waals surface area contributed by atoms with Crippen LogP contribution in [0.25, 0.3) is 11.5 Å². The Balaban J connectivity index is 1.30. The Hall–Kier alpha value is -4.53. The molecule has 3 aromatic heterocycles.